The van der Waals surface area contributed by atoms with E-state index in [0.29, 0.717) is 45.1 Å². The first kappa shape index (κ1) is 27.2. The van der Waals surface area contributed by atoms with Gasteiger partial charge in [0.2, 0.25) is 5.91 Å². The normalized spacial score (nSPS) is 11.2. The summed E-state index contributed by atoms with van der Waals surface area (Å²) in [4.78, 5) is 12.8. The molecule has 186 valence electrons. The topological polar surface area (TPSA) is 75.7 Å². The molecule has 0 fully saturated rings. The highest BCUT2D eigenvalue weighted by Crippen LogP contribution is 2.29. The lowest BCUT2D eigenvalue weighted by Gasteiger charge is -2.24. The molecule has 3 aromatic carbocycles. The summed E-state index contributed by atoms with van der Waals surface area (Å²) in [5.74, 6) is 1.40. The molecule has 0 radical (unpaired) electrons. The predicted octanol–water partition coefficient (Wildman–Crippen LogP) is 5.56. The Morgan fingerprint density at radius 3 is 2.34 bits per heavy atom. The number of ether oxygens (including phenoxy) is 1. The third-order valence-corrected chi connectivity index (χ3v) is 8.63. The van der Waals surface area contributed by atoms with Crippen molar-refractivity contribution in [2.24, 2.45) is 0 Å². The third kappa shape index (κ3) is 7.07. The first-order chi connectivity index (χ1) is 16.7. The van der Waals surface area contributed by atoms with E-state index in [4.69, 9.17) is 27.9 Å². The van der Waals surface area contributed by atoms with Crippen molar-refractivity contribution in [2.75, 3.05) is 30.3 Å². The van der Waals surface area contributed by atoms with E-state index in [1.165, 1.54) is 13.2 Å². The van der Waals surface area contributed by atoms with Gasteiger partial charge in [-0.1, -0.05) is 47.5 Å². The number of nitrogens with zero attached hydrogens (tertiary/aromatic N) is 1. The van der Waals surface area contributed by atoms with Gasteiger partial charge in [0.15, 0.2) is 0 Å². The number of halogens is 2. The monoisotopic (exact) mass is 552 g/mol. The minimum absolute atomic E-state index is 0.0830. The second-order valence-corrected chi connectivity index (χ2v) is 11.4. The maximum Gasteiger partial charge on any atom is 0.264 e. The van der Waals surface area contributed by atoms with Crippen LogP contribution in [-0.4, -0.2) is 40.3 Å². The molecule has 0 aliphatic rings. The van der Waals surface area contributed by atoms with E-state index in [9.17, 15) is 13.2 Å². The Bertz CT molecular complexity index is 1250. The van der Waals surface area contributed by atoms with Gasteiger partial charge in [0.05, 0.1) is 17.7 Å². The molecule has 0 saturated carbocycles. The van der Waals surface area contributed by atoms with Crippen molar-refractivity contribution in [1.82, 2.24) is 5.32 Å². The number of thioether (sulfide) groups is 1. The molecule has 0 aliphatic heterocycles. The quantitative estimate of drug-likeness (QED) is 0.315. The first-order valence-corrected chi connectivity index (χ1v) is 14.1. The molecule has 0 saturated heterocycles. The minimum atomic E-state index is -4.00. The van der Waals surface area contributed by atoms with Crippen LogP contribution in [0.3, 0.4) is 0 Å². The second-order valence-electron chi connectivity index (χ2n) is 7.58. The van der Waals surface area contributed by atoms with Gasteiger partial charge in [-0.15, -0.1) is 0 Å². The van der Waals surface area contributed by atoms with Crippen molar-refractivity contribution in [3.8, 4) is 5.75 Å². The van der Waals surface area contributed by atoms with E-state index < -0.39 is 15.9 Å². The molecular weight excluding hydrogens is 527 g/mol. The number of amides is 1. The minimum Gasteiger partial charge on any atom is -0.496 e. The zero-order valence-corrected chi connectivity index (χ0v) is 22.5. The molecule has 3 rings (SSSR count). The summed E-state index contributed by atoms with van der Waals surface area (Å²) in [7, 11) is -2.47. The fraction of sp³-hybridized carbons (Fsp3) is 0.240. The van der Waals surface area contributed by atoms with E-state index >= 15 is 0 Å². The fourth-order valence-corrected chi connectivity index (χ4v) is 6.44. The van der Waals surface area contributed by atoms with Gasteiger partial charge in [0.1, 0.15) is 12.3 Å². The standard InChI is InChI=1S/C25H26Cl2N2O4S2/c1-18-15-20(11-12-24(18)33-2)35(31,32)29(19-7-4-3-5-8-19)16-25(30)28-13-14-34-17-21-22(26)9-6-10-23(21)27/h3-12,15H,13-14,16-17H2,1-2H3,(H,28,30). The van der Waals surface area contributed by atoms with Crippen LogP contribution >= 0.6 is 35.0 Å². The van der Waals surface area contributed by atoms with Gasteiger partial charge in [0.25, 0.3) is 10.0 Å². The summed E-state index contributed by atoms with van der Waals surface area (Å²) >= 11 is 14.0. The Balaban J connectivity index is 1.66. The molecular formula is C25H26Cl2N2O4S2. The van der Waals surface area contributed by atoms with Gasteiger partial charge in [-0.25, -0.2) is 8.42 Å². The summed E-state index contributed by atoms with van der Waals surface area (Å²) < 4.78 is 33.3. The van der Waals surface area contributed by atoms with E-state index in [0.717, 1.165) is 9.87 Å². The van der Waals surface area contributed by atoms with Gasteiger partial charge in [-0.2, -0.15) is 11.8 Å². The Morgan fingerprint density at radius 1 is 1.03 bits per heavy atom. The second kappa shape index (κ2) is 12.5. The van der Waals surface area contributed by atoms with Gasteiger partial charge >= 0.3 is 0 Å². The number of aryl methyl sites for hydroxylation is 1. The molecule has 0 bridgehead atoms. The van der Waals surface area contributed by atoms with Crippen LogP contribution in [0.15, 0.2) is 71.6 Å². The van der Waals surface area contributed by atoms with Crippen molar-refractivity contribution >= 4 is 56.6 Å². The predicted molar refractivity (Wildman–Crippen MR) is 144 cm³/mol. The summed E-state index contributed by atoms with van der Waals surface area (Å²) in [6.45, 7) is 1.79. The van der Waals surface area contributed by atoms with E-state index in [1.54, 1.807) is 79.3 Å². The van der Waals surface area contributed by atoms with Crippen molar-refractivity contribution in [2.45, 2.75) is 17.6 Å². The number of rotatable bonds is 11. The number of methoxy groups -OCH3 is 1. The van der Waals surface area contributed by atoms with Crippen molar-refractivity contribution in [3.63, 3.8) is 0 Å². The maximum absolute atomic E-state index is 13.5. The summed E-state index contributed by atoms with van der Waals surface area (Å²) in [6.07, 6.45) is 0. The van der Waals surface area contributed by atoms with E-state index in [1.807, 2.05) is 0 Å². The Morgan fingerprint density at radius 2 is 1.71 bits per heavy atom. The molecule has 0 aromatic heterocycles. The van der Waals surface area contributed by atoms with Crippen LogP contribution < -0.4 is 14.4 Å². The van der Waals surface area contributed by atoms with Gasteiger partial charge in [-0.3, -0.25) is 9.10 Å². The number of nitrogens with one attached hydrogen (secondary N) is 1. The van der Waals surface area contributed by atoms with E-state index in [2.05, 4.69) is 5.32 Å². The molecule has 0 aliphatic carbocycles. The number of sulfonamides is 1. The number of carbonyl (C=O) groups is 1. The number of anilines is 1. The number of para-hydroxylation sites is 1. The van der Waals surface area contributed by atoms with Gasteiger partial charge in [0, 0.05) is 28.1 Å². The van der Waals surface area contributed by atoms with Gasteiger partial charge in [-0.05, 0) is 60.5 Å². The Labute approximate surface area is 220 Å². The molecule has 10 heteroatoms. The molecule has 0 atom stereocenters. The third-order valence-electron chi connectivity index (χ3n) is 5.16. The number of carbonyl (C=O) groups excluding carboxylic acids is 1. The zero-order valence-electron chi connectivity index (χ0n) is 19.3. The first-order valence-electron chi connectivity index (χ1n) is 10.7. The average Bonchev–Trinajstić information content (AvgIpc) is 2.84. The van der Waals surface area contributed by atoms with Crippen molar-refractivity contribution in [3.05, 3.63) is 87.9 Å². The fourth-order valence-electron chi connectivity index (χ4n) is 3.34. The summed E-state index contributed by atoms with van der Waals surface area (Å²) in [6, 6.07) is 18.5. The smallest absolute Gasteiger partial charge is 0.264 e. The van der Waals surface area contributed by atoms with Crippen LogP contribution in [0.4, 0.5) is 5.69 Å². The number of hydrogen-bond acceptors (Lipinski definition) is 5. The molecule has 0 unspecified atom stereocenters. The SMILES string of the molecule is COc1ccc(S(=O)(=O)N(CC(=O)NCCSCc2c(Cl)cccc2Cl)c2ccccc2)cc1C. The molecule has 6 nitrogen and oxygen atoms in total. The molecule has 1 N–H and O–H groups in total. The van der Waals surface area contributed by atoms with Crippen LogP contribution in [0.25, 0.3) is 0 Å². The van der Waals surface area contributed by atoms with Crippen LogP contribution in [0.5, 0.6) is 5.75 Å². The maximum atomic E-state index is 13.5. The summed E-state index contributed by atoms with van der Waals surface area (Å²) in [5.41, 5.74) is 1.93. The largest absolute Gasteiger partial charge is 0.496 e. The highest BCUT2D eigenvalue weighted by atomic mass is 35.5. The number of hydrogen-bond donors (Lipinski definition) is 1. The lowest BCUT2D eigenvalue weighted by molar-refractivity contribution is -0.119. The molecule has 1 amide bonds. The molecule has 0 spiro atoms. The Kier molecular flexibility index (Phi) is 9.74. The zero-order chi connectivity index (χ0) is 25.4. The van der Waals surface area contributed by atoms with Gasteiger partial charge < -0.3 is 10.1 Å². The molecule has 35 heavy (non-hydrogen) atoms. The Hall–Kier alpha value is -2.39. The lowest BCUT2D eigenvalue weighted by Crippen LogP contribution is -2.41. The van der Waals surface area contributed by atoms with Crippen molar-refractivity contribution in [1.29, 1.82) is 0 Å². The van der Waals surface area contributed by atoms with Crippen LogP contribution in [0, 0.1) is 6.92 Å². The lowest BCUT2D eigenvalue weighted by atomic mass is 10.2. The highest BCUT2D eigenvalue weighted by Gasteiger charge is 2.27. The van der Waals surface area contributed by atoms with Crippen LogP contribution in [0.1, 0.15) is 11.1 Å². The van der Waals surface area contributed by atoms with Crippen LogP contribution in [0.2, 0.25) is 10.0 Å². The molecule has 3 aromatic rings. The van der Waals surface area contributed by atoms with E-state index in [-0.39, 0.29) is 11.4 Å². The van der Waals surface area contributed by atoms with Crippen molar-refractivity contribution < 1.29 is 17.9 Å². The molecule has 0 heterocycles. The summed E-state index contributed by atoms with van der Waals surface area (Å²) in [5, 5.41) is 4.01. The highest BCUT2D eigenvalue weighted by molar-refractivity contribution is 7.98. The van der Waals surface area contributed by atoms with Crippen LogP contribution in [-0.2, 0) is 20.6 Å². The number of benzene rings is 3. The average molecular weight is 554 g/mol.